The first-order valence-electron chi connectivity index (χ1n) is 5.53. The average molecular weight is 366 g/mol. The molecule has 0 aliphatic carbocycles. The maximum Gasteiger partial charge on any atom is 0.251 e. The molecule has 0 heterocycles. The van der Waals surface area contributed by atoms with Crippen LogP contribution in [-0.4, -0.2) is 12.5 Å². The van der Waals surface area contributed by atoms with Gasteiger partial charge in [-0.25, -0.2) is 0 Å². The summed E-state index contributed by atoms with van der Waals surface area (Å²) in [6, 6.07) is 5.34. The van der Waals surface area contributed by atoms with Gasteiger partial charge in [0.1, 0.15) is 0 Å². The van der Waals surface area contributed by atoms with E-state index in [-0.39, 0.29) is 11.3 Å². The number of halogens is 2. The van der Waals surface area contributed by atoms with Crippen molar-refractivity contribution in [1.82, 2.24) is 5.32 Å². The van der Waals surface area contributed by atoms with Gasteiger partial charge in [0.15, 0.2) is 0 Å². The highest BCUT2D eigenvalue weighted by atomic mass is 127. The second kappa shape index (κ2) is 6.05. The number of amides is 1. The summed E-state index contributed by atoms with van der Waals surface area (Å²) in [6.45, 7) is 7.15. The van der Waals surface area contributed by atoms with E-state index in [4.69, 9.17) is 11.6 Å². The van der Waals surface area contributed by atoms with E-state index in [0.29, 0.717) is 17.1 Å². The Morgan fingerprint density at radius 1 is 1.41 bits per heavy atom. The van der Waals surface area contributed by atoms with Crippen LogP contribution in [0.4, 0.5) is 0 Å². The molecule has 0 aliphatic heterocycles. The Labute approximate surface area is 121 Å². The Morgan fingerprint density at radius 3 is 2.59 bits per heavy atom. The molecule has 1 N–H and O–H groups in total. The first kappa shape index (κ1) is 14.8. The third kappa shape index (κ3) is 5.25. The van der Waals surface area contributed by atoms with E-state index < -0.39 is 0 Å². The van der Waals surface area contributed by atoms with Crippen LogP contribution in [0.25, 0.3) is 0 Å². The monoisotopic (exact) mass is 365 g/mol. The number of rotatable bonds is 3. The van der Waals surface area contributed by atoms with Gasteiger partial charge in [-0.15, -0.1) is 0 Å². The Bertz CT molecular complexity index is 412. The molecule has 0 aliphatic rings. The van der Waals surface area contributed by atoms with Gasteiger partial charge in [-0.2, -0.15) is 0 Å². The lowest BCUT2D eigenvalue weighted by atomic mass is 9.92. The highest BCUT2D eigenvalue weighted by Gasteiger charge is 2.11. The predicted molar refractivity (Wildman–Crippen MR) is 80.6 cm³/mol. The minimum Gasteiger partial charge on any atom is -0.352 e. The zero-order valence-corrected chi connectivity index (χ0v) is 13.2. The second-order valence-corrected chi connectivity index (χ2v) is 6.76. The molecule has 2 nitrogen and oxygen atoms in total. The van der Waals surface area contributed by atoms with Crippen LogP contribution in [0.1, 0.15) is 37.6 Å². The Morgan fingerprint density at radius 2 is 2.06 bits per heavy atom. The number of carbonyl (C=O) groups excluding carboxylic acids is 1. The fourth-order valence-electron chi connectivity index (χ4n) is 1.29. The molecule has 0 atom stereocenters. The number of carbonyl (C=O) groups is 1. The zero-order valence-electron chi connectivity index (χ0n) is 10.3. The quantitative estimate of drug-likeness (QED) is 0.803. The summed E-state index contributed by atoms with van der Waals surface area (Å²) < 4.78 is 0.954. The van der Waals surface area contributed by atoms with E-state index in [1.54, 1.807) is 12.1 Å². The molecule has 1 amide bonds. The average Bonchev–Trinajstić information content (AvgIpc) is 2.20. The van der Waals surface area contributed by atoms with Gasteiger partial charge < -0.3 is 5.32 Å². The highest BCUT2D eigenvalue weighted by molar-refractivity contribution is 14.1. The molecule has 0 spiro atoms. The smallest absolute Gasteiger partial charge is 0.251 e. The molecule has 94 valence electrons. The standard InChI is InChI=1S/C13H17ClINO/c1-13(2,3)6-7-16-12(17)9-4-5-11(15)10(14)8-9/h4-5,8H,6-7H2,1-3H3,(H,16,17). The van der Waals surface area contributed by atoms with Crippen molar-refractivity contribution < 1.29 is 4.79 Å². The van der Waals surface area contributed by atoms with Crippen molar-refractivity contribution >= 4 is 40.1 Å². The van der Waals surface area contributed by atoms with E-state index in [1.165, 1.54) is 0 Å². The molecule has 1 rings (SSSR count). The predicted octanol–water partition coefficient (Wildman–Crippen LogP) is 4.11. The Hall–Kier alpha value is -0.290. The van der Waals surface area contributed by atoms with Crippen molar-refractivity contribution in [2.45, 2.75) is 27.2 Å². The first-order chi connectivity index (χ1) is 7.79. The molecule has 1 aromatic carbocycles. The lowest BCUT2D eigenvalue weighted by molar-refractivity contribution is 0.0949. The van der Waals surface area contributed by atoms with Gasteiger partial charge in [0.2, 0.25) is 0 Å². The minimum atomic E-state index is -0.0625. The van der Waals surface area contributed by atoms with Gasteiger partial charge in [-0.3, -0.25) is 4.79 Å². The van der Waals surface area contributed by atoms with Crippen LogP contribution in [0.5, 0.6) is 0 Å². The summed E-state index contributed by atoms with van der Waals surface area (Å²) in [5, 5.41) is 3.52. The summed E-state index contributed by atoms with van der Waals surface area (Å²) in [7, 11) is 0. The molecule has 0 aromatic heterocycles. The minimum absolute atomic E-state index is 0.0625. The topological polar surface area (TPSA) is 29.1 Å². The van der Waals surface area contributed by atoms with Crippen LogP contribution in [0.3, 0.4) is 0 Å². The van der Waals surface area contributed by atoms with E-state index in [9.17, 15) is 4.79 Å². The molecular weight excluding hydrogens is 349 g/mol. The van der Waals surface area contributed by atoms with Gasteiger partial charge in [-0.05, 0) is 52.6 Å². The lowest BCUT2D eigenvalue weighted by Gasteiger charge is -2.18. The molecule has 0 saturated carbocycles. The number of hydrogen-bond acceptors (Lipinski definition) is 1. The summed E-state index contributed by atoms with van der Waals surface area (Å²) in [5.74, 6) is -0.0625. The van der Waals surface area contributed by atoms with Gasteiger partial charge in [0, 0.05) is 15.7 Å². The van der Waals surface area contributed by atoms with Crippen molar-refractivity contribution in [3.63, 3.8) is 0 Å². The molecule has 0 bridgehead atoms. The van der Waals surface area contributed by atoms with Crippen LogP contribution in [0.2, 0.25) is 5.02 Å². The van der Waals surface area contributed by atoms with Gasteiger partial charge in [-0.1, -0.05) is 32.4 Å². The number of benzene rings is 1. The molecule has 0 unspecified atom stereocenters. The van der Waals surface area contributed by atoms with E-state index in [2.05, 4.69) is 48.7 Å². The van der Waals surface area contributed by atoms with Crippen molar-refractivity contribution in [3.8, 4) is 0 Å². The number of nitrogens with one attached hydrogen (secondary N) is 1. The van der Waals surface area contributed by atoms with Crippen molar-refractivity contribution in [2.75, 3.05) is 6.54 Å². The van der Waals surface area contributed by atoms with Crippen molar-refractivity contribution in [3.05, 3.63) is 32.4 Å². The molecule has 17 heavy (non-hydrogen) atoms. The van der Waals surface area contributed by atoms with Crippen molar-refractivity contribution in [2.24, 2.45) is 5.41 Å². The second-order valence-electron chi connectivity index (χ2n) is 5.20. The molecule has 0 fully saturated rings. The lowest BCUT2D eigenvalue weighted by Crippen LogP contribution is -2.27. The maximum absolute atomic E-state index is 11.8. The van der Waals surface area contributed by atoms with Gasteiger partial charge in [0.25, 0.3) is 5.91 Å². The number of hydrogen-bond donors (Lipinski definition) is 1. The van der Waals surface area contributed by atoms with E-state index >= 15 is 0 Å². The van der Waals surface area contributed by atoms with Crippen LogP contribution in [-0.2, 0) is 0 Å². The van der Waals surface area contributed by atoms with Crippen LogP contribution in [0, 0.1) is 8.99 Å². The van der Waals surface area contributed by atoms with E-state index in [0.717, 1.165) is 9.99 Å². The normalized spacial score (nSPS) is 11.4. The maximum atomic E-state index is 11.8. The summed E-state index contributed by atoms with van der Waals surface area (Å²) >= 11 is 8.12. The molecular formula is C13H17ClINO. The van der Waals surface area contributed by atoms with E-state index in [1.807, 2.05) is 6.07 Å². The fraction of sp³-hybridized carbons (Fsp3) is 0.462. The summed E-state index contributed by atoms with van der Waals surface area (Å²) in [6.07, 6.45) is 0.955. The van der Waals surface area contributed by atoms with Gasteiger partial charge >= 0.3 is 0 Å². The van der Waals surface area contributed by atoms with Crippen LogP contribution < -0.4 is 5.32 Å². The SMILES string of the molecule is CC(C)(C)CCNC(=O)c1ccc(I)c(Cl)c1. The van der Waals surface area contributed by atoms with Crippen molar-refractivity contribution in [1.29, 1.82) is 0 Å². The van der Waals surface area contributed by atoms with Gasteiger partial charge in [0.05, 0.1) is 5.02 Å². The highest BCUT2D eigenvalue weighted by Crippen LogP contribution is 2.20. The molecule has 0 radical (unpaired) electrons. The zero-order chi connectivity index (χ0) is 13.1. The van der Waals surface area contributed by atoms with Crippen LogP contribution in [0.15, 0.2) is 18.2 Å². The van der Waals surface area contributed by atoms with Crippen LogP contribution >= 0.6 is 34.2 Å². The first-order valence-corrected chi connectivity index (χ1v) is 6.98. The molecule has 4 heteroatoms. The largest absolute Gasteiger partial charge is 0.352 e. The molecule has 0 saturated heterocycles. The fourth-order valence-corrected chi connectivity index (χ4v) is 1.81. The molecule has 1 aromatic rings. The Kier molecular flexibility index (Phi) is 5.25. The third-order valence-electron chi connectivity index (χ3n) is 2.34. The Balaban J connectivity index is 2.56. The summed E-state index contributed by atoms with van der Waals surface area (Å²) in [4.78, 5) is 11.8. The third-order valence-corrected chi connectivity index (χ3v) is 3.91. The summed E-state index contributed by atoms with van der Waals surface area (Å²) in [5.41, 5.74) is 0.848.